The zero-order valence-electron chi connectivity index (χ0n) is 13.9. The highest BCUT2D eigenvalue weighted by Gasteiger charge is 2.21. The van der Waals surface area contributed by atoms with Crippen LogP contribution >= 0.6 is 11.6 Å². The Hall–Kier alpha value is -2.19. The molecule has 2 fully saturated rings. The second kappa shape index (κ2) is 7.37. The summed E-state index contributed by atoms with van der Waals surface area (Å²) in [5, 5.41) is 0.555. The molecule has 2 aromatic rings. The number of halogens is 1. The van der Waals surface area contributed by atoms with Gasteiger partial charge in [0.05, 0.1) is 30.6 Å². The van der Waals surface area contributed by atoms with Gasteiger partial charge >= 0.3 is 0 Å². The molecular formula is C16H20ClN7O. The Bertz CT molecular complexity index is 700. The summed E-state index contributed by atoms with van der Waals surface area (Å²) in [4.78, 5) is 24.1. The molecule has 132 valence electrons. The topological polar surface area (TPSA) is 70.5 Å². The van der Waals surface area contributed by atoms with Crippen LogP contribution in [0.1, 0.15) is 0 Å². The molecule has 8 nitrogen and oxygen atoms in total. The molecule has 0 aromatic carbocycles. The number of rotatable bonds is 3. The Morgan fingerprint density at radius 2 is 1.32 bits per heavy atom. The van der Waals surface area contributed by atoms with Crippen LogP contribution in [-0.2, 0) is 4.74 Å². The standard InChI is InChI=1S/C16H20ClN7O/c17-13-10-18-16(19-11-13)24-3-1-22(2-4-24)14-9-15(21-12-20-14)23-5-7-25-8-6-23/h9-12H,1-8H2. The first-order chi connectivity index (χ1) is 12.3. The summed E-state index contributed by atoms with van der Waals surface area (Å²) in [5.74, 6) is 2.66. The van der Waals surface area contributed by atoms with Crippen LogP contribution in [0.3, 0.4) is 0 Å². The molecule has 0 saturated carbocycles. The van der Waals surface area contributed by atoms with Crippen molar-refractivity contribution in [2.75, 3.05) is 67.2 Å². The monoisotopic (exact) mass is 361 g/mol. The summed E-state index contributed by atoms with van der Waals surface area (Å²) in [6.07, 6.45) is 4.92. The van der Waals surface area contributed by atoms with E-state index in [1.807, 2.05) is 0 Å². The average molecular weight is 362 g/mol. The summed E-state index contributed by atoms with van der Waals surface area (Å²) < 4.78 is 5.41. The van der Waals surface area contributed by atoms with Gasteiger partial charge in [-0.2, -0.15) is 0 Å². The quantitative estimate of drug-likeness (QED) is 0.804. The van der Waals surface area contributed by atoms with Crippen molar-refractivity contribution in [3.8, 4) is 0 Å². The highest BCUT2D eigenvalue weighted by atomic mass is 35.5. The Morgan fingerprint density at radius 3 is 1.96 bits per heavy atom. The maximum atomic E-state index is 5.85. The molecule has 0 bridgehead atoms. The fourth-order valence-electron chi connectivity index (χ4n) is 3.08. The minimum Gasteiger partial charge on any atom is -0.378 e. The molecule has 2 aliphatic heterocycles. The lowest BCUT2D eigenvalue weighted by atomic mass is 10.3. The summed E-state index contributed by atoms with van der Waals surface area (Å²) in [5.41, 5.74) is 0. The zero-order valence-corrected chi connectivity index (χ0v) is 14.6. The molecule has 0 N–H and O–H groups in total. The second-order valence-corrected chi connectivity index (χ2v) is 6.45. The van der Waals surface area contributed by atoms with Crippen LogP contribution in [0.25, 0.3) is 0 Å². The highest BCUT2D eigenvalue weighted by Crippen LogP contribution is 2.21. The van der Waals surface area contributed by atoms with Crippen LogP contribution in [-0.4, -0.2) is 72.4 Å². The predicted octanol–water partition coefficient (Wildman–Crippen LogP) is 1.08. The van der Waals surface area contributed by atoms with Gasteiger partial charge in [0, 0.05) is 45.3 Å². The molecule has 2 aliphatic rings. The van der Waals surface area contributed by atoms with Crippen LogP contribution in [0.2, 0.25) is 5.02 Å². The molecule has 0 spiro atoms. The van der Waals surface area contributed by atoms with Crippen molar-refractivity contribution in [1.82, 2.24) is 19.9 Å². The number of aromatic nitrogens is 4. The van der Waals surface area contributed by atoms with Crippen molar-refractivity contribution >= 4 is 29.2 Å². The summed E-state index contributed by atoms with van der Waals surface area (Å²) in [7, 11) is 0. The van der Waals surface area contributed by atoms with Gasteiger partial charge in [0.15, 0.2) is 0 Å². The second-order valence-electron chi connectivity index (χ2n) is 6.01. The summed E-state index contributed by atoms with van der Waals surface area (Å²) in [6, 6.07) is 2.07. The summed E-state index contributed by atoms with van der Waals surface area (Å²) in [6.45, 7) is 6.67. The van der Waals surface area contributed by atoms with E-state index in [0.29, 0.717) is 5.02 Å². The fraction of sp³-hybridized carbons (Fsp3) is 0.500. The van der Waals surface area contributed by atoms with Crippen LogP contribution in [0.15, 0.2) is 24.8 Å². The van der Waals surface area contributed by atoms with E-state index in [1.165, 1.54) is 0 Å². The van der Waals surface area contributed by atoms with Crippen molar-refractivity contribution < 1.29 is 4.74 Å². The third-order valence-corrected chi connectivity index (χ3v) is 4.66. The van der Waals surface area contributed by atoms with Crippen LogP contribution < -0.4 is 14.7 Å². The zero-order chi connectivity index (χ0) is 17.1. The minimum absolute atomic E-state index is 0.555. The van der Waals surface area contributed by atoms with Crippen LogP contribution in [0.4, 0.5) is 17.6 Å². The average Bonchev–Trinajstić information content (AvgIpc) is 2.70. The molecule has 2 saturated heterocycles. The molecule has 0 amide bonds. The Kier molecular flexibility index (Phi) is 4.80. The molecule has 4 rings (SSSR count). The predicted molar refractivity (Wildman–Crippen MR) is 96.5 cm³/mol. The van der Waals surface area contributed by atoms with Crippen LogP contribution in [0.5, 0.6) is 0 Å². The Balaban J connectivity index is 1.41. The Labute approximate surface area is 151 Å². The Morgan fingerprint density at radius 1 is 0.760 bits per heavy atom. The lowest BCUT2D eigenvalue weighted by molar-refractivity contribution is 0.122. The van der Waals surface area contributed by atoms with Crippen molar-refractivity contribution in [2.45, 2.75) is 0 Å². The van der Waals surface area contributed by atoms with Crippen molar-refractivity contribution in [2.24, 2.45) is 0 Å². The molecule has 9 heteroatoms. The van der Waals surface area contributed by atoms with E-state index in [0.717, 1.165) is 70.1 Å². The first kappa shape index (κ1) is 16.3. The van der Waals surface area contributed by atoms with E-state index >= 15 is 0 Å². The van der Waals surface area contributed by atoms with E-state index < -0.39 is 0 Å². The van der Waals surface area contributed by atoms with Gasteiger partial charge in [0.2, 0.25) is 5.95 Å². The van der Waals surface area contributed by atoms with Gasteiger partial charge in [0.1, 0.15) is 18.0 Å². The van der Waals surface area contributed by atoms with Gasteiger partial charge in [0.25, 0.3) is 0 Å². The van der Waals surface area contributed by atoms with Gasteiger partial charge in [-0.1, -0.05) is 11.6 Å². The highest BCUT2D eigenvalue weighted by molar-refractivity contribution is 6.30. The van der Waals surface area contributed by atoms with E-state index in [2.05, 4.69) is 40.7 Å². The lowest BCUT2D eigenvalue weighted by Gasteiger charge is -2.35. The maximum Gasteiger partial charge on any atom is 0.225 e. The van der Waals surface area contributed by atoms with Gasteiger partial charge < -0.3 is 19.4 Å². The van der Waals surface area contributed by atoms with Gasteiger partial charge in [-0.05, 0) is 0 Å². The molecule has 25 heavy (non-hydrogen) atoms. The fourth-order valence-corrected chi connectivity index (χ4v) is 3.18. The number of piperazine rings is 1. The number of ether oxygens (including phenoxy) is 1. The number of anilines is 3. The molecular weight excluding hydrogens is 342 g/mol. The van der Waals surface area contributed by atoms with Crippen molar-refractivity contribution in [3.63, 3.8) is 0 Å². The molecule has 0 atom stereocenters. The lowest BCUT2D eigenvalue weighted by Crippen LogP contribution is -2.47. The number of hydrogen-bond acceptors (Lipinski definition) is 8. The van der Waals surface area contributed by atoms with Gasteiger partial charge in [-0.15, -0.1) is 0 Å². The van der Waals surface area contributed by atoms with E-state index in [-0.39, 0.29) is 0 Å². The number of nitrogens with zero attached hydrogens (tertiary/aromatic N) is 7. The van der Waals surface area contributed by atoms with Gasteiger partial charge in [-0.3, -0.25) is 0 Å². The molecule has 0 unspecified atom stereocenters. The third-order valence-electron chi connectivity index (χ3n) is 4.47. The van der Waals surface area contributed by atoms with E-state index in [1.54, 1.807) is 18.7 Å². The smallest absolute Gasteiger partial charge is 0.225 e. The van der Waals surface area contributed by atoms with Crippen molar-refractivity contribution in [1.29, 1.82) is 0 Å². The molecule has 0 aliphatic carbocycles. The molecule has 0 radical (unpaired) electrons. The first-order valence-electron chi connectivity index (χ1n) is 8.42. The minimum atomic E-state index is 0.555. The summed E-state index contributed by atoms with van der Waals surface area (Å²) >= 11 is 5.85. The van der Waals surface area contributed by atoms with Crippen molar-refractivity contribution in [3.05, 3.63) is 29.8 Å². The largest absolute Gasteiger partial charge is 0.378 e. The van der Waals surface area contributed by atoms with E-state index in [4.69, 9.17) is 16.3 Å². The third kappa shape index (κ3) is 3.74. The van der Waals surface area contributed by atoms with E-state index in [9.17, 15) is 0 Å². The number of hydrogen-bond donors (Lipinski definition) is 0. The molecule has 4 heterocycles. The van der Waals surface area contributed by atoms with Crippen LogP contribution in [0, 0.1) is 0 Å². The normalized spacial score (nSPS) is 18.5. The maximum absolute atomic E-state index is 5.85. The number of morpholine rings is 1. The van der Waals surface area contributed by atoms with Gasteiger partial charge in [-0.25, -0.2) is 19.9 Å². The first-order valence-corrected chi connectivity index (χ1v) is 8.79. The SMILES string of the molecule is Clc1cnc(N2CCN(c3cc(N4CCOCC4)ncn3)CC2)nc1. The molecule has 2 aromatic heterocycles.